The molecule has 8 nitrogen and oxygen atoms in total. The molecule has 3 N–H and O–H groups in total. The molecule has 2 rings (SSSR count). The zero-order valence-electron chi connectivity index (χ0n) is 19.5. The number of amides is 1. The standard InChI is InChI=1S/C11H19NO3.C11H18O4/c1-10(2)7(8(13)15-4)5-6-11(10,3)9(12)14;1-10(2)7(8(12)15-4)5-6-11(10,3)9(13)14/h7H,5-6H2,1-4H3,(H2,12,14);7H,5-6H2,1-4H3,(H,13,14)/t2*7-,11+/m00/s1. The van der Waals surface area contributed by atoms with Crippen LogP contribution in [0.1, 0.15) is 67.2 Å². The molecule has 2 fully saturated rings. The molecule has 2 saturated carbocycles. The van der Waals surface area contributed by atoms with E-state index in [1.165, 1.54) is 14.2 Å². The summed E-state index contributed by atoms with van der Waals surface area (Å²) in [6.07, 6.45) is 2.42. The number of ether oxygens (including phenoxy) is 2. The van der Waals surface area contributed by atoms with Gasteiger partial charge >= 0.3 is 17.9 Å². The van der Waals surface area contributed by atoms with Gasteiger partial charge in [-0.2, -0.15) is 0 Å². The summed E-state index contributed by atoms with van der Waals surface area (Å²) in [6.45, 7) is 11.0. The van der Waals surface area contributed by atoms with E-state index in [2.05, 4.69) is 0 Å². The van der Waals surface area contributed by atoms with Crippen molar-refractivity contribution in [2.24, 2.45) is 39.2 Å². The third-order valence-corrected chi connectivity index (χ3v) is 8.44. The van der Waals surface area contributed by atoms with E-state index in [1.54, 1.807) is 6.92 Å². The van der Waals surface area contributed by atoms with Crippen molar-refractivity contribution in [2.75, 3.05) is 14.2 Å². The van der Waals surface area contributed by atoms with Crippen LogP contribution in [0, 0.1) is 33.5 Å². The van der Waals surface area contributed by atoms with Gasteiger partial charge in [-0.1, -0.05) is 34.6 Å². The fraction of sp³-hybridized carbons (Fsp3) is 0.818. The predicted molar refractivity (Wildman–Crippen MR) is 110 cm³/mol. The summed E-state index contributed by atoms with van der Waals surface area (Å²) in [5.74, 6) is -2.27. The average molecular weight is 428 g/mol. The lowest BCUT2D eigenvalue weighted by atomic mass is 9.65. The van der Waals surface area contributed by atoms with Crippen LogP contribution in [0.2, 0.25) is 0 Å². The van der Waals surface area contributed by atoms with Crippen LogP contribution < -0.4 is 5.73 Å². The molecule has 0 radical (unpaired) electrons. The van der Waals surface area contributed by atoms with Crippen molar-refractivity contribution >= 4 is 23.8 Å². The molecule has 172 valence electrons. The minimum Gasteiger partial charge on any atom is -0.481 e. The quantitative estimate of drug-likeness (QED) is 0.659. The zero-order chi connectivity index (χ0) is 23.7. The number of hydrogen-bond acceptors (Lipinski definition) is 6. The maximum absolute atomic E-state index is 11.6. The molecule has 0 bridgehead atoms. The number of primary amides is 1. The Kier molecular flexibility index (Phi) is 7.39. The number of methoxy groups -OCH3 is 2. The lowest BCUT2D eigenvalue weighted by Crippen LogP contribution is -2.46. The molecule has 0 saturated heterocycles. The Morgan fingerprint density at radius 3 is 1.33 bits per heavy atom. The Bertz CT molecular complexity index is 654. The molecule has 0 aromatic heterocycles. The molecule has 0 aliphatic heterocycles. The summed E-state index contributed by atoms with van der Waals surface area (Å²) in [5.41, 5.74) is 2.96. The Morgan fingerprint density at radius 1 is 0.767 bits per heavy atom. The van der Waals surface area contributed by atoms with Crippen LogP contribution in [-0.4, -0.2) is 43.1 Å². The highest BCUT2D eigenvalue weighted by Crippen LogP contribution is 2.57. The molecule has 8 heteroatoms. The van der Waals surface area contributed by atoms with Gasteiger partial charge in [0, 0.05) is 0 Å². The van der Waals surface area contributed by atoms with Crippen molar-refractivity contribution in [3.63, 3.8) is 0 Å². The van der Waals surface area contributed by atoms with E-state index >= 15 is 0 Å². The molecule has 30 heavy (non-hydrogen) atoms. The summed E-state index contributed by atoms with van der Waals surface area (Å²) in [7, 11) is 2.72. The van der Waals surface area contributed by atoms with Crippen LogP contribution in [0.15, 0.2) is 0 Å². The first kappa shape index (κ1) is 25.9. The largest absolute Gasteiger partial charge is 0.481 e. The van der Waals surface area contributed by atoms with Crippen LogP contribution in [0.5, 0.6) is 0 Å². The number of esters is 2. The molecule has 2 aliphatic rings. The summed E-state index contributed by atoms with van der Waals surface area (Å²) >= 11 is 0. The van der Waals surface area contributed by atoms with Gasteiger partial charge in [-0.25, -0.2) is 0 Å². The highest BCUT2D eigenvalue weighted by atomic mass is 16.5. The number of carbonyl (C=O) groups excluding carboxylic acids is 3. The van der Waals surface area contributed by atoms with Gasteiger partial charge in [-0.05, 0) is 43.4 Å². The van der Waals surface area contributed by atoms with Crippen molar-refractivity contribution in [1.29, 1.82) is 0 Å². The van der Waals surface area contributed by atoms with E-state index in [0.29, 0.717) is 25.7 Å². The fourth-order valence-electron chi connectivity index (χ4n) is 4.93. The molecule has 4 atom stereocenters. The Hall–Kier alpha value is -2.12. The van der Waals surface area contributed by atoms with Gasteiger partial charge in [0.05, 0.1) is 36.9 Å². The van der Waals surface area contributed by atoms with Gasteiger partial charge in [0.25, 0.3) is 0 Å². The topological polar surface area (TPSA) is 133 Å². The van der Waals surface area contributed by atoms with Gasteiger partial charge in [0.1, 0.15) is 0 Å². The molecular formula is C22H37NO7. The van der Waals surface area contributed by atoms with Gasteiger partial charge in [0.2, 0.25) is 5.91 Å². The Balaban J connectivity index is 0.000000300. The highest BCUT2D eigenvalue weighted by molar-refractivity contribution is 5.84. The first-order chi connectivity index (χ1) is 13.5. The van der Waals surface area contributed by atoms with Crippen molar-refractivity contribution < 1.29 is 33.8 Å². The molecule has 0 heterocycles. The van der Waals surface area contributed by atoms with Crippen molar-refractivity contribution in [2.45, 2.75) is 67.2 Å². The molecule has 0 aromatic rings. The first-order valence-corrected chi connectivity index (χ1v) is 10.2. The second-order valence-electron chi connectivity index (χ2n) is 10.0. The molecule has 1 amide bonds. The zero-order valence-corrected chi connectivity index (χ0v) is 19.5. The van der Waals surface area contributed by atoms with E-state index < -0.39 is 27.6 Å². The number of nitrogens with two attached hydrogens (primary N) is 1. The van der Waals surface area contributed by atoms with E-state index in [-0.39, 0.29) is 29.7 Å². The van der Waals surface area contributed by atoms with Gasteiger partial charge in [-0.3, -0.25) is 19.2 Å². The minimum absolute atomic E-state index is 0.236. The third kappa shape index (κ3) is 3.93. The predicted octanol–water partition coefficient (Wildman–Crippen LogP) is 2.77. The SMILES string of the molecule is COC(=O)[C@@H]1CC[C@](C)(C(=O)O)C1(C)C.COC(=O)[C@@H]1CC[C@](C)(C(N)=O)C1(C)C. The second kappa shape index (κ2) is 8.55. The van der Waals surface area contributed by atoms with Crippen LogP contribution in [0.25, 0.3) is 0 Å². The average Bonchev–Trinajstić information content (AvgIpc) is 3.05. The van der Waals surface area contributed by atoms with E-state index in [0.717, 1.165) is 0 Å². The van der Waals surface area contributed by atoms with Crippen molar-refractivity contribution in [1.82, 2.24) is 0 Å². The summed E-state index contributed by atoms with van der Waals surface area (Å²) in [4.78, 5) is 45.8. The molecule has 0 unspecified atom stereocenters. The smallest absolute Gasteiger partial charge is 0.309 e. The number of carboxylic acids is 1. The van der Waals surface area contributed by atoms with Crippen molar-refractivity contribution in [3.8, 4) is 0 Å². The minimum atomic E-state index is -0.841. The molecule has 0 spiro atoms. The van der Waals surface area contributed by atoms with Crippen LogP contribution in [-0.2, 0) is 28.7 Å². The van der Waals surface area contributed by atoms with Gasteiger partial charge in [0.15, 0.2) is 0 Å². The lowest BCUT2D eigenvalue weighted by Gasteiger charge is -2.38. The molecule has 0 aromatic carbocycles. The summed E-state index contributed by atoms with van der Waals surface area (Å²) in [6, 6.07) is 0. The number of carbonyl (C=O) groups is 4. The van der Waals surface area contributed by atoms with Crippen molar-refractivity contribution in [3.05, 3.63) is 0 Å². The van der Waals surface area contributed by atoms with Gasteiger partial charge in [-0.15, -0.1) is 0 Å². The highest BCUT2D eigenvalue weighted by Gasteiger charge is 2.59. The summed E-state index contributed by atoms with van der Waals surface area (Å²) in [5, 5.41) is 9.23. The number of carboxylic acid groups (broad SMARTS) is 1. The number of aliphatic carboxylic acids is 1. The molecule has 2 aliphatic carbocycles. The first-order valence-electron chi connectivity index (χ1n) is 10.2. The Labute approximate surface area is 178 Å². The monoisotopic (exact) mass is 427 g/mol. The van der Waals surface area contributed by atoms with Crippen LogP contribution in [0.4, 0.5) is 0 Å². The Morgan fingerprint density at radius 2 is 1.10 bits per heavy atom. The normalized spacial score (nSPS) is 33.7. The summed E-state index contributed by atoms with van der Waals surface area (Å²) < 4.78 is 9.46. The lowest BCUT2D eigenvalue weighted by molar-refractivity contribution is -0.159. The third-order valence-electron chi connectivity index (χ3n) is 8.44. The molecular weight excluding hydrogens is 390 g/mol. The maximum Gasteiger partial charge on any atom is 0.309 e. The number of rotatable bonds is 4. The van der Waals surface area contributed by atoms with Crippen LogP contribution >= 0.6 is 0 Å². The van der Waals surface area contributed by atoms with Gasteiger partial charge < -0.3 is 20.3 Å². The maximum atomic E-state index is 11.6. The number of hydrogen-bond donors (Lipinski definition) is 2. The van der Waals surface area contributed by atoms with E-state index in [9.17, 15) is 24.3 Å². The second-order valence-corrected chi connectivity index (χ2v) is 10.0. The fourth-order valence-corrected chi connectivity index (χ4v) is 4.93. The van der Waals surface area contributed by atoms with E-state index in [4.69, 9.17) is 15.2 Å². The van der Waals surface area contributed by atoms with Crippen LogP contribution in [0.3, 0.4) is 0 Å². The van der Waals surface area contributed by atoms with E-state index in [1.807, 2.05) is 34.6 Å².